The molecule has 0 aliphatic carbocycles. The smallest absolute Gasteiger partial charge is 0.227 e. The highest BCUT2D eigenvalue weighted by molar-refractivity contribution is 5.86. The van der Waals surface area contributed by atoms with Crippen LogP contribution >= 0.6 is 0 Å². The van der Waals surface area contributed by atoms with E-state index < -0.39 is 0 Å². The molecule has 0 atom stereocenters. The maximum absolute atomic E-state index is 13.1. The highest BCUT2D eigenvalue weighted by Crippen LogP contribution is 2.30. The Morgan fingerprint density at radius 1 is 1.00 bits per heavy atom. The number of likely N-dealkylation sites (tertiary alicyclic amines) is 1. The zero-order valence-corrected chi connectivity index (χ0v) is 17.4. The molecule has 0 unspecified atom stereocenters. The molecule has 5 rings (SSSR count). The molecule has 1 aliphatic heterocycles. The zero-order chi connectivity index (χ0) is 20.7. The number of aromatic nitrogens is 2. The first kappa shape index (κ1) is 18.8. The molecular formula is C25H25N3O2. The fraction of sp³-hybridized carbons (Fsp3) is 0.320. The van der Waals surface area contributed by atoms with Crippen molar-refractivity contribution in [1.82, 2.24) is 14.9 Å². The largest absolute Gasteiger partial charge is 0.440 e. The van der Waals surface area contributed by atoms with E-state index in [1.807, 2.05) is 54.3 Å². The van der Waals surface area contributed by atoms with Crippen LogP contribution in [0.1, 0.15) is 41.5 Å². The summed E-state index contributed by atoms with van der Waals surface area (Å²) in [7, 11) is 0. The number of carbonyl (C=O) groups is 1. The van der Waals surface area contributed by atoms with Crippen LogP contribution in [-0.2, 0) is 11.2 Å². The Morgan fingerprint density at radius 3 is 2.47 bits per heavy atom. The fourth-order valence-electron chi connectivity index (χ4n) is 4.53. The lowest BCUT2D eigenvalue weighted by molar-refractivity contribution is -0.131. The first-order chi connectivity index (χ1) is 14.6. The lowest BCUT2D eigenvalue weighted by Gasteiger charge is -2.31. The van der Waals surface area contributed by atoms with Gasteiger partial charge in [0.15, 0.2) is 11.5 Å². The van der Waals surface area contributed by atoms with Gasteiger partial charge in [0.1, 0.15) is 5.52 Å². The van der Waals surface area contributed by atoms with Gasteiger partial charge in [-0.25, -0.2) is 4.98 Å². The number of carbonyl (C=O) groups excluding carboxylic acids is 1. The molecule has 1 saturated heterocycles. The van der Waals surface area contributed by atoms with Crippen molar-refractivity contribution in [3.8, 4) is 0 Å². The van der Waals surface area contributed by atoms with Gasteiger partial charge in [-0.2, -0.15) is 0 Å². The average Bonchev–Trinajstić information content (AvgIpc) is 3.21. The van der Waals surface area contributed by atoms with E-state index in [-0.39, 0.29) is 11.8 Å². The number of benzene rings is 2. The van der Waals surface area contributed by atoms with Crippen molar-refractivity contribution in [2.24, 2.45) is 0 Å². The molecule has 5 nitrogen and oxygen atoms in total. The second kappa shape index (κ2) is 7.56. The van der Waals surface area contributed by atoms with Crippen molar-refractivity contribution in [3.63, 3.8) is 0 Å². The van der Waals surface area contributed by atoms with Crippen LogP contribution in [0.15, 0.2) is 52.9 Å². The van der Waals surface area contributed by atoms with E-state index in [1.54, 1.807) is 0 Å². The third-order valence-corrected chi connectivity index (χ3v) is 6.32. The van der Waals surface area contributed by atoms with Gasteiger partial charge in [-0.3, -0.25) is 9.78 Å². The summed E-state index contributed by atoms with van der Waals surface area (Å²) in [6, 6.07) is 16.0. The molecular weight excluding hydrogens is 374 g/mol. The summed E-state index contributed by atoms with van der Waals surface area (Å²) in [5, 5.41) is 1.13. The van der Waals surface area contributed by atoms with Crippen LogP contribution in [0, 0.1) is 13.8 Å². The third kappa shape index (κ3) is 3.34. The van der Waals surface area contributed by atoms with Crippen LogP contribution in [0.2, 0.25) is 0 Å². The Kier molecular flexibility index (Phi) is 4.74. The highest BCUT2D eigenvalue weighted by Gasteiger charge is 2.27. The topological polar surface area (TPSA) is 59.2 Å². The summed E-state index contributed by atoms with van der Waals surface area (Å²) in [4.78, 5) is 24.4. The summed E-state index contributed by atoms with van der Waals surface area (Å²) in [5.41, 5.74) is 5.89. The fourth-order valence-corrected chi connectivity index (χ4v) is 4.53. The van der Waals surface area contributed by atoms with Crippen molar-refractivity contribution in [1.29, 1.82) is 0 Å². The molecule has 0 N–H and O–H groups in total. The number of oxazole rings is 1. The van der Waals surface area contributed by atoms with Gasteiger partial charge < -0.3 is 9.32 Å². The Morgan fingerprint density at radius 2 is 1.70 bits per heavy atom. The van der Waals surface area contributed by atoms with Gasteiger partial charge in [0.25, 0.3) is 0 Å². The van der Waals surface area contributed by atoms with Gasteiger partial charge in [-0.05, 0) is 56.0 Å². The molecule has 152 valence electrons. The summed E-state index contributed by atoms with van der Waals surface area (Å²) < 4.78 is 5.95. The van der Waals surface area contributed by atoms with Gasteiger partial charge in [-0.1, -0.05) is 30.3 Å². The monoisotopic (exact) mass is 399 g/mol. The van der Waals surface area contributed by atoms with Crippen LogP contribution in [-0.4, -0.2) is 33.9 Å². The number of rotatable bonds is 3. The predicted molar refractivity (Wildman–Crippen MR) is 117 cm³/mol. The second-order valence-corrected chi connectivity index (χ2v) is 8.17. The van der Waals surface area contributed by atoms with Crippen molar-refractivity contribution < 1.29 is 9.21 Å². The summed E-state index contributed by atoms with van der Waals surface area (Å²) in [5.74, 6) is 1.25. The quantitative estimate of drug-likeness (QED) is 0.489. The number of hydrogen-bond donors (Lipinski definition) is 0. The standard InChI is InChI=1S/C25H25N3O2/c1-16-19-7-3-4-8-21(19)26-17(2)20(16)15-24(29)28-13-11-18(12-14-28)25-27-22-9-5-6-10-23(22)30-25/h3-10,18H,11-15H2,1-2H3. The van der Waals surface area contributed by atoms with Crippen LogP contribution < -0.4 is 0 Å². The number of para-hydroxylation sites is 3. The Labute approximate surface area is 175 Å². The molecule has 0 saturated carbocycles. The van der Waals surface area contributed by atoms with Crippen LogP contribution in [0.25, 0.3) is 22.0 Å². The van der Waals surface area contributed by atoms with Crippen molar-refractivity contribution >= 4 is 27.9 Å². The molecule has 1 aliphatic rings. The maximum Gasteiger partial charge on any atom is 0.227 e. The first-order valence-electron chi connectivity index (χ1n) is 10.6. The van der Waals surface area contributed by atoms with E-state index >= 15 is 0 Å². The van der Waals surface area contributed by atoms with Gasteiger partial charge in [0.2, 0.25) is 5.91 Å². The van der Waals surface area contributed by atoms with Crippen LogP contribution in [0.4, 0.5) is 0 Å². The van der Waals surface area contributed by atoms with Crippen molar-refractivity contribution in [2.45, 2.75) is 39.0 Å². The number of aryl methyl sites for hydroxylation is 2. The van der Waals surface area contributed by atoms with Crippen molar-refractivity contribution in [2.75, 3.05) is 13.1 Å². The number of amides is 1. The van der Waals surface area contributed by atoms with E-state index in [9.17, 15) is 4.79 Å². The van der Waals surface area contributed by atoms with Crippen LogP contribution in [0.3, 0.4) is 0 Å². The minimum atomic E-state index is 0.175. The van der Waals surface area contributed by atoms with Gasteiger partial charge >= 0.3 is 0 Å². The first-order valence-corrected chi connectivity index (χ1v) is 10.6. The molecule has 2 aromatic heterocycles. The van der Waals surface area contributed by atoms with E-state index in [1.165, 1.54) is 0 Å². The molecule has 5 heteroatoms. The van der Waals surface area contributed by atoms with Gasteiger partial charge in [-0.15, -0.1) is 0 Å². The number of piperidine rings is 1. The van der Waals surface area contributed by atoms with E-state index in [0.717, 1.165) is 70.6 Å². The molecule has 2 aromatic carbocycles. The SMILES string of the molecule is Cc1nc2ccccc2c(C)c1CC(=O)N1CCC(c2nc3ccccc3o2)CC1. The summed E-state index contributed by atoms with van der Waals surface area (Å²) in [6.07, 6.45) is 2.17. The Balaban J connectivity index is 1.29. The maximum atomic E-state index is 13.1. The highest BCUT2D eigenvalue weighted by atomic mass is 16.3. The number of fused-ring (bicyclic) bond motifs is 2. The molecule has 3 heterocycles. The molecule has 0 radical (unpaired) electrons. The minimum Gasteiger partial charge on any atom is -0.440 e. The van der Waals surface area contributed by atoms with Gasteiger partial charge in [0, 0.05) is 30.1 Å². The predicted octanol–water partition coefficient (Wildman–Crippen LogP) is 4.94. The molecule has 0 spiro atoms. The average molecular weight is 399 g/mol. The molecule has 0 bridgehead atoms. The summed E-state index contributed by atoms with van der Waals surface area (Å²) >= 11 is 0. The van der Waals surface area contributed by atoms with Crippen molar-refractivity contribution in [3.05, 3.63) is 71.2 Å². The lowest BCUT2D eigenvalue weighted by Crippen LogP contribution is -2.39. The number of nitrogens with zero attached hydrogens (tertiary/aromatic N) is 3. The lowest BCUT2D eigenvalue weighted by atomic mass is 9.95. The zero-order valence-electron chi connectivity index (χ0n) is 17.4. The molecule has 1 fully saturated rings. The second-order valence-electron chi connectivity index (χ2n) is 8.17. The van der Waals surface area contributed by atoms with E-state index in [0.29, 0.717) is 6.42 Å². The number of pyridine rings is 1. The molecule has 1 amide bonds. The summed E-state index contributed by atoms with van der Waals surface area (Å²) in [6.45, 7) is 5.57. The Hall–Kier alpha value is -3.21. The van der Waals surface area contributed by atoms with E-state index in [4.69, 9.17) is 9.40 Å². The number of hydrogen-bond acceptors (Lipinski definition) is 4. The van der Waals surface area contributed by atoms with Gasteiger partial charge in [0.05, 0.1) is 11.9 Å². The molecule has 4 aromatic rings. The van der Waals surface area contributed by atoms with Crippen LogP contribution in [0.5, 0.6) is 0 Å². The Bertz CT molecular complexity index is 1200. The normalized spacial score (nSPS) is 15.2. The van der Waals surface area contributed by atoms with E-state index in [2.05, 4.69) is 18.0 Å². The minimum absolute atomic E-state index is 0.175. The molecule has 30 heavy (non-hydrogen) atoms. The third-order valence-electron chi connectivity index (χ3n) is 6.32.